The Hall–Kier alpha value is -1.39. The van der Waals surface area contributed by atoms with E-state index in [1.807, 2.05) is 30.9 Å². The monoisotopic (exact) mass is 259 g/mol. The Kier molecular flexibility index (Phi) is 5.17. The van der Waals surface area contributed by atoms with Crippen LogP contribution < -0.4 is 5.32 Å². The lowest BCUT2D eigenvalue weighted by atomic mass is 10.4. The van der Waals surface area contributed by atoms with E-state index in [2.05, 4.69) is 39.6 Å². The van der Waals surface area contributed by atoms with Crippen LogP contribution in [0, 0.1) is 6.92 Å². The van der Waals surface area contributed by atoms with Crippen LogP contribution in [0.5, 0.6) is 0 Å². The van der Waals surface area contributed by atoms with E-state index in [0.717, 1.165) is 30.2 Å². The third-order valence-corrected chi connectivity index (χ3v) is 3.45. The van der Waals surface area contributed by atoms with Crippen molar-refractivity contribution in [1.29, 1.82) is 0 Å². The molecular formula is C14H17N3S. The predicted octanol–water partition coefficient (Wildman–Crippen LogP) is 2.67. The van der Waals surface area contributed by atoms with Crippen molar-refractivity contribution in [2.45, 2.75) is 18.4 Å². The molecule has 0 saturated carbocycles. The number of thioether (sulfide) groups is 1. The highest BCUT2D eigenvalue weighted by atomic mass is 32.2. The van der Waals surface area contributed by atoms with Gasteiger partial charge in [0.15, 0.2) is 0 Å². The van der Waals surface area contributed by atoms with Crippen molar-refractivity contribution in [1.82, 2.24) is 15.3 Å². The van der Waals surface area contributed by atoms with Gasteiger partial charge in [-0.25, -0.2) is 0 Å². The van der Waals surface area contributed by atoms with E-state index in [1.54, 1.807) is 6.20 Å². The third kappa shape index (κ3) is 4.47. The van der Waals surface area contributed by atoms with E-state index in [9.17, 15) is 0 Å². The molecule has 1 aromatic carbocycles. The van der Waals surface area contributed by atoms with Crippen molar-refractivity contribution in [3.8, 4) is 0 Å². The summed E-state index contributed by atoms with van der Waals surface area (Å²) in [4.78, 5) is 9.83. The summed E-state index contributed by atoms with van der Waals surface area (Å²) in [5.41, 5.74) is 1.95. The number of aromatic nitrogens is 2. The van der Waals surface area contributed by atoms with Crippen LogP contribution in [0.15, 0.2) is 47.6 Å². The van der Waals surface area contributed by atoms with Gasteiger partial charge in [-0.1, -0.05) is 18.2 Å². The molecule has 0 bridgehead atoms. The van der Waals surface area contributed by atoms with Gasteiger partial charge in [-0.3, -0.25) is 9.97 Å². The third-order valence-electron chi connectivity index (χ3n) is 2.43. The maximum Gasteiger partial charge on any atom is 0.0724 e. The van der Waals surface area contributed by atoms with Gasteiger partial charge in [0.25, 0.3) is 0 Å². The molecule has 0 unspecified atom stereocenters. The molecule has 3 nitrogen and oxygen atoms in total. The normalized spacial score (nSPS) is 10.5. The molecule has 4 heteroatoms. The van der Waals surface area contributed by atoms with Crippen molar-refractivity contribution in [3.63, 3.8) is 0 Å². The number of hydrogen-bond donors (Lipinski definition) is 1. The number of nitrogens with one attached hydrogen (secondary N) is 1. The minimum absolute atomic E-state index is 0.780. The van der Waals surface area contributed by atoms with Gasteiger partial charge in [0, 0.05) is 36.1 Å². The molecule has 18 heavy (non-hydrogen) atoms. The van der Waals surface area contributed by atoms with E-state index in [-0.39, 0.29) is 0 Å². The van der Waals surface area contributed by atoms with Crippen LogP contribution in [-0.2, 0) is 6.54 Å². The lowest BCUT2D eigenvalue weighted by molar-refractivity contribution is 0.710. The van der Waals surface area contributed by atoms with E-state index in [1.165, 1.54) is 4.90 Å². The Balaban J connectivity index is 1.63. The lowest BCUT2D eigenvalue weighted by Crippen LogP contribution is -2.17. The first kappa shape index (κ1) is 13.1. The second kappa shape index (κ2) is 7.13. The molecule has 0 radical (unpaired) electrons. The van der Waals surface area contributed by atoms with Crippen LogP contribution in [-0.4, -0.2) is 22.3 Å². The fourth-order valence-electron chi connectivity index (χ4n) is 1.48. The van der Waals surface area contributed by atoms with Crippen LogP contribution in [0.25, 0.3) is 0 Å². The minimum atomic E-state index is 0.780. The highest BCUT2D eigenvalue weighted by Crippen LogP contribution is 2.15. The summed E-state index contributed by atoms with van der Waals surface area (Å²) in [6.07, 6.45) is 3.63. The standard InChI is InChI=1S/C14H17N3S/c1-12-9-17-13(11-16-12)10-15-7-8-18-14-5-3-2-4-6-14/h2-6,9,11,15H,7-8,10H2,1H3. The molecule has 0 aliphatic carbocycles. The van der Waals surface area contributed by atoms with Gasteiger partial charge in [0.2, 0.25) is 0 Å². The van der Waals surface area contributed by atoms with Crippen molar-refractivity contribution in [2.75, 3.05) is 12.3 Å². The highest BCUT2D eigenvalue weighted by molar-refractivity contribution is 7.99. The summed E-state index contributed by atoms with van der Waals surface area (Å²) in [5, 5.41) is 3.37. The largest absolute Gasteiger partial charge is 0.310 e. The van der Waals surface area contributed by atoms with Crippen molar-refractivity contribution in [2.24, 2.45) is 0 Å². The Morgan fingerprint density at radius 3 is 2.67 bits per heavy atom. The molecule has 0 aliphatic heterocycles. The number of rotatable bonds is 6. The van der Waals surface area contributed by atoms with Crippen LogP contribution in [0.1, 0.15) is 11.4 Å². The molecule has 1 N–H and O–H groups in total. The summed E-state index contributed by atoms with van der Waals surface area (Å²) in [6.45, 7) is 3.69. The zero-order chi connectivity index (χ0) is 12.6. The first-order chi connectivity index (χ1) is 8.84. The van der Waals surface area contributed by atoms with E-state index < -0.39 is 0 Å². The average molecular weight is 259 g/mol. The molecule has 0 aliphatic rings. The van der Waals surface area contributed by atoms with Gasteiger partial charge in [0.1, 0.15) is 0 Å². The lowest BCUT2D eigenvalue weighted by Gasteiger charge is -2.04. The molecule has 1 heterocycles. The first-order valence-corrected chi connectivity index (χ1v) is 6.99. The molecule has 2 aromatic rings. The number of aryl methyl sites for hydroxylation is 1. The van der Waals surface area contributed by atoms with E-state index in [4.69, 9.17) is 0 Å². The summed E-state index contributed by atoms with van der Waals surface area (Å²) in [5.74, 6) is 1.06. The SMILES string of the molecule is Cc1cnc(CNCCSc2ccccc2)cn1. The van der Waals surface area contributed by atoms with Gasteiger partial charge in [-0.2, -0.15) is 0 Å². The molecule has 94 valence electrons. The fourth-order valence-corrected chi connectivity index (χ4v) is 2.32. The molecule has 0 amide bonds. The minimum Gasteiger partial charge on any atom is -0.310 e. The van der Waals surface area contributed by atoms with Crippen molar-refractivity contribution < 1.29 is 0 Å². The molecular weight excluding hydrogens is 242 g/mol. The Bertz CT molecular complexity index is 456. The maximum absolute atomic E-state index is 4.30. The van der Waals surface area contributed by atoms with Crippen molar-refractivity contribution in [3.05, 3.63) is 54.1 Å². The highest BCUT2D eigenvalue weighted by Gasteiger charge is 1.95. The maximum atomic E-state index is 4.30. The summed E-state index contributed by atoms with van der Waals surface area (Å²) in [6, 6.07) is 10.4. The topological polar surface area (TPSA) is 37.8 Å². The first-order valence-electron chi connectivity index (χ1n) is 6.01. The van der Waals surface area contributed by atoms with Gasteiger partial charge < -0.3 is 5.32 Å². The molecule has 0 saturated heterocycles. The number of nitrogens with zero attached hydrogens (tertiary/aromatic N) is 2. The molecule has 2 rings (SSSR count). The Labute approximate surface area is 112 Å². The summed E-state index contributed by atoms with van der Waals surface area (Å²) >= 11 is 1.86. The Morgan fingerprint density at radius 1 is 1.11 bits per heavy atom. The van der Waals surface area contributed by atoms with Gasteiger partial charge in [-0.05, 0) is 19.1 Å². The average Bonchev–Trinajstić information content (AvgIpc) is 2.42. The summed E-state index contributed by atoms with van der Waals surface area (Å²) < 4.78 is 0. The van der Waals surface area contributed by atoms with Gasteiger partial charge in [-0.15, -0.1) is 11.8 Å². The van der Waals surface area contributed by atoms with Crippen LogP contribution in [0.2, 0.25) is 0 Å². The fraction of sp³-hybridized carbons (Fsp3) is 0.286. The summed E-state index contributed by atoms with van der Waals surface area (Å²) in [7, 11) is 0. The number of hydrogen-bond acceptors (Lipinski definition) is 4. The van der Waals surface area contributed by atoms with E-state index in [0.29, 0.717) is 0 Å². The molecule has 1 aromatic heterocycles. The quantitative estimate of drug-likeness (QED) is 0.639. The van der Waals surface area contributed by atoms with Crippen LogP contribution in [0.4, 0.5) is 0 Å². The van der Waals surface area contributed by atoms with Crippen molar-refractivity contribution >= 4 is 11.8 Å². The zero-order valence-electron chi connectivity index (χ0n) is 10.5. The molecule has 0 fully saturated rings. The van der Waals surface area contributed by atoms with Crippen LogP contribution >= 0.6 is 11.8 Å². The second-order valence-electron chi connectivity index (χ2n) is 3.99. The Morgan fingerprint density at radius 2 is 1.94 bits per heavy atom. The zero-order valence-corrected chi connectivity index (χ0v) is 11.3. The van der Waals surface area contributed by atoms with Gasteiger partial charge in [0.05, 0.1) is 11.4 Å². The molecule has 0 atom stereocenters. The molecule has 0 spiro atoms. The smallest absolute Gasteiger partial charge is 0.0724 e. The number of benzene rings is 1. The van der Waals surface area contributed by atoms with E-state index >= 15 is 0 Å². The predicted molar refractivity (Wildman–Crippen MR) is 75.6 cm³/mol. The van der Waals surface area contributed by atoms with Gasteiger partial charge >= 0.3 is 0 Å². The van der Waals surface area contributed by atoms with Crippen LogP contribution in [0.3, 0.4) is 0 Å². The second-order valence-corrected chi connectivity index (χ2v) is 5.16.